The zero-order valence-electron chi connectivity index (χ0n) is 12.3. The van der Waals surface area contributed by atoms with Crippen molar-refractivity contribution in [2.45, 2.75) is 46.0 Å². The van der Waals surface area contributed by atoms with Gasteiger partial charge in [-0.2, -0.15) is 12.7 Å². The highest BCUT2D eigenvalue weighted by molar-refractivity contribution is 7.87. The maximum Gasteiger partial charge on any atom is 0.307 e. The number of hydrogen-bond acceptors (Lipinski definition) is 3. The van der Waals surface area contributed by atoms with Gasteiger partial charge in [0.15, 0.2) is 0 Å². The van der Waals surface area contributed by atoms with Crippen LogP contribution in [-0.2, 0) is 15.0 Å². The molecule has 7 heteroatoms. The fourth-order valence-corrected chi connectivity index (χ4v) is 3.75. The fraction of sp³-hybridized carbons (Fsp3) is 0.923. The minimum Gasteiger partial charge on any atom is -0.481 e. The van der Waals surface area contributed by atoms with Crippen molar-refractivity contribution in [2.24, 2.45) is 11.8 Å². The molecule has 0 radical (unpaired) electrons. The van der Waals surface area contributed by atoms with E-state index in [1.54, 1.807) is 0 Å². The average Bonchev–Trinajstić information content (AvgIpc) is 2.63. The van der Waals surface area contributed by atoms with E-state index in [2.05, 4.69) is 4.72 Å². The van der Waals surface area contributed by atoms with Crippen LogP contribution in [0.1, 0.15) is 46.0 Å². The van der Waals surface area contributed by atoms with Crippen LogP contribution in [0.15, 0.2) is 0 Å². The highest BCUT2D eigenvalue weighted by Crippen LogP contribution is 2.14. The lowest BCUT2D eigenvalue weighted by molar-refractivity contribution is -0.142. The van der Waals surface area contributed by atoms with E-state index < -0.39 is 22.1 Å². The Morgan fingerprint density at radius 1 is 1.20 bits per heavy atom. The largest absolute Gasteiger partial charge is 0.481 e. The summed E-state index contributed by atoms with van der Waals surface area (Å²) >= 11 is 0. The Balaban J connectivity index is 2.58. The number of hydrogen-bond donors (Lipinski definition) is 2. The van der Waals surface area contributed by atoms with Gasteiger partial charge in [0.05, 0.1) is 5.92 Å². The second-order valence-corrected chi connectivity index (χ2v) is 7.59. The zero-order valence-corrected chi connectivity index (χ0v) is 13.2. The Labute approximate surface area is 121 Å². The molecule has 0 aliphatic carbocycles. The maximum atomic E-state index is 12.2. The van der Waals surface area contributed by atoms with Gasteiger partial charge in [0.2, 0.25) is 0 Å². The predicted octanol–water partition coefficient (Wildman–Crippen LogP) is 1.44. The van der Waals surface area contributed by atoms with E-state index in [4.69, 9.17) is 5.11 Å². The Hall–Kier alpha value is -0.660. The molecule has 20 heavy (non-hydrogen) atoms. The molecule has 0 saturated carbocycles. The number of carbonyl (C=O) groups is 1. The molecule has 2 N–H and O–H groups in total. The van der Waals surface area contributed by atoms with Crippen LogP contribution in [0.4, 0.5) is 0 Å². The van der Waals surface area contributed by atoms with E-state index in [0.29, 0.717) is 19.5 Å². The van der Waals surface area contributed by atoms with Crippen molar-refractivity contribution >= 4 is 16.2 Å². The summed E-state index contributed by atoms with van der Waals surface area (Å²) in [6, 6.07) is 0. The summed E-state index contributed by atoms with van der Waals surface area (Å²) in [5.74, 6) is -1.40. The third kappa shape index (κ3) is 5.76. The Kier molecular flexibility index (Phi) is 6.91. The Morgan fingerprint density at radius 2 is 1.75 bits per heavy atom. The van der Waals surface area contributed by atoms with Crippen LogP contribution in [0.3, 0.4) is 0 Å². The summed E-state index contributed by atoms with van der Waals surface area (Å²) in [7, 11) is -3.55. The van der Waals surface area contributed by atoms with Gasteiger partial charge in [-0.3, -0.25) is 4.79 Å². The van der Waals surface area contributed by atoms with Crippen LogP contribution in [0.25, 0.3) is 0 Å². The minimum absolute atomic E-state index is 0.0354. The average molecular weight is 306 g/mol. The van der Waals surface area contributed by atoms with E-state index >= 15 is 0 Å². The number of nitrogens with zero attached hydrogens (tertiary/aromatic N) is 1. The van der Waals surface area contributed by atoms with Crippen LogP contribution in [0, 0.1) is 11.8 Å². The van der Waals surface area contributed by atoms with Gasteiger partial charge in [-0.1, -0.05) is 26.7 Å². The summed E-state index contributed by atoms with van der Waals surface area (Å²) in [5, 5.41) is 9.13. The predicted molar refractivity (Wildman–Crippen MR) is 77.5 cm³/mol. The third-order valence-corrected chi connectivity index (χ3v) is 5.10. The monoisotopic (exact) mass is 306 g/mol. The van der Waals surface area contributed by atoms with Crippen molar-refractivity contribution < 1.29 is 18.3 Å². The lowest BCUT2D eigenvalue weighted by atomic mass is 9.98. The van der Waals surface area contributed by atoms with E-state index in [1.165, 1.54) is 4.31 Å². The minimum atomic E-state index is -3.55. The van der Waals surface area contributed by atoms with Gasteiger partial charge >= 0.3 is 5.97 Å². The smallest absolute Gasteiger partial charge is 0.307 e. The SMILES string of the molecule is CC(C)CC(CNS(=O)(=O)N1CCCCCC1)C(=O)O. The van der Waals surface area contributed by atoms with Gasteiger partial charge in [0.1, 0.15) is 0 Å². The second-order valence-electron chi connectivity index (χ2n) is 5.83. The first-order valence-corrected chi connectivity index (χ1v) is 8.74. The molecule has 0 spiro atoms. The summed E-state index contributed by atoms with van der Waals surface area (Å²) < 4.78 is 28.2. The number of rotatable bonds is 7. The summed E-state index contributed by atoms with van der Waals surface area (Å²) in [4.78, 5) is 11.1. The first kappa shape index (κ1) is 17.4. The molecule has 0 bridgehead atoms. The molecule has 1 saturated heterocycles. The number of nitrogens with one attached hydrogen (secondary N) is 1. The van der Waals surface area contributed by atoms with Crippen LogP contribution in [-0.4, -0.2) is 43.4 Å². The van der Waals surface area contributed by atoms with E-state index in [0.717, 1.165) is 25.7 Å². The normalized spacial score (nSPS) is 19.8. The van der Waals surface area contributed by atoms with Crippen LogP contribution in [0.2, 0.25) is 0 Å². The molecule has 1 heterocycles. The van der Waals surface area contributed by atoms with Crippen molar-refractivity contribution in [3.63, 3.8) is 0 Å². The molecular formula is C13H26N2O4S. The molecule has 1 rings (SSSR count). The molecule has 6 nitrogen and oxygen atoms in total. The number of carboxylic acid groups (broad SMARTS) is 1. The number of carboxylic acids is 1. The summed E-state index contributed by atoms with van der Waals surface area (Å²) in [6.45, 7) is 4.87. The molecule has 1 unspecified atom stereocenters. The van der Waals surface area contributed by atoms with E-state index in [9.17, 15) is 13.2 Å². The summed E-state index contributed by atoms with van der Waals surface area (Å²) in [5.41, 5.74) is 0. The second kappa shape index (κ2) is 7.95. The number of aliphatic carboxylic acids is 1. The standard InChI is InChI=1S/C13H26N2O4S/c1-11(2)9-12(13(16)17)10-14-20(18,19)15-7-5-3-4-6-8-15/h11-12,14H,3-10H2,1-2H3,(H,16,17). The Morgan fingerprint density at radius 3 is 2.20 bits per heavy atom. The molecule has 1 atom stereocenters. The Bertz CT molecular complexity index is 401. The molecule has 0 amide bonds. The first-order chi connectivity index (χ1) is 9.33. The van der Waals surface area contributed by atoms with Gasteiger partial charge in [-0.05, 0) is 25.2 Å². The third-order valence-electron chi connectivity index (χ3n) is 3.52. The molecule has 0 aromatic carbocycles. The van der Waals surface area contributed by atoms with Crippen LogP contribution < -0.4 is 4.72 Å². The molecular weight excluding hydrogens is 280 g/mol. The zero-order chi connectivity index (χ0) is 15.2. The quantitative estimate of drug-likeness (QED) is 0.745. The van der Waals surface area contributed by atoms with Crippen molar-refractivity contribution in [1.29, 1.82) is 0 Å². The molecule has 0 aromatic rings. The molecule has 118 valence electrons. The lowest BCUT2D eigenvalue weighted by Crippen LogP contribution is -2.44. The van der Waals surface area contributed by atoms with Gasteiger partial charge in [0.25, 0.3) is 10.2 Å². The van der Waals surface area contributed by atoms with Crippen molar-refractivity contribution in [3.05, 3.63) is 0 Å². The van der Waals surface area contributed by atoms with Gasteiger partial charge in [0, 0.05) is 19.6 Å². The maximum absolute atomic E-state index is 12.2. The van der Waals surface area contributed by atoms with Gasteiger partial charge in [-0.25, -0.2) is 4.72 Å². The molecule has 1 aliphatic heterocycles. The van der Waals surface area contributed by atoms with E-state index in [-0.39, 0.29) is 12.5 Å². The highest BCUT2D eigenvalue weighted by atomic mass is 32.2. The van der Waals surface area contributed by atoms with E-state index in [1.807, 2.05) is 13.8 Å². The molecule has 1 aliphatic rings. The topological polar surface area (TPSA) is 86.7 Å². The van der Waals surface area contributed by atoms with Crippen molar-refractivity contribution in [1.82, 2.24) is 9.03 Å². The molecule has 1 fully saturated rings. The molecule has 0 aromatic heterocycles. The first-order valence-electron chi connectivity index (χ1n) is 7.30. The fourth-order valence-electron chi connectivity index (χ4n) is 2.42. The van der Waals surface area contributed by atoms with Gasteiger partial charge in [-0.15, -0.1) is 0 Å². The lowest BCUT2D eigenvalue weighted by Gasteiger charge is -2.22. The van der Waals surface area contributed by atoms with Crippen molar-refractivity contribution in [2.75, 3.05) is 19.6 Å². The van der Waals surface area contributed by atoms with Crippen LogP contribution in [0.5, 0.6) is 0 Å². The van der Waals surface area contributed by atoms with Crippen molar-refractivity contribution in [3.8, 4) is 0 Å². The highest BCUT2D eigenvalue weighted by Gasteiger charge is 2.26. The van der Waals surface area contributed by atoms with Crippen LogP contribution >= 0.6 is 0 Å². The van der Waals surface area contributed by atoms with Gasteiger partial charge < -0.3 is 5.11 Å². The summed E-state index contributed by atoms with van der Waals surface area (Å²) in [6.07, 6.45) is 4.32.